The van der Waals surface area contributed by atoms with Crippen LogP contribution in [-0.4, -0.2) is 23.8 Å². The van der Waals surface area contributed by atoms with Gasteiger partial charge >= 0.3 is 5.97 Å². The van der Waals surface area contributed by atoms with Crippen LogP contribution in [0.25, 0.3) is 0 Å². The molecule has 0 radical (unpaired) electrons. The molecule has 0 atom stereocenters. The van der Waals surface area contributed by atoms with Gasteiger partial charge in [0.25, 0.3) is 0 Å². The molecule has 3 heteroatoms. The van der Waals surface area contributed by atoms with Gasteiger partial charge in [0.05, 0.1) is 0 Å². The van der Waals surface area contributed by atoms with Crippen molar-refractivity contribution in [3.63, 3.8) is 0 Å². The molecule has 1 aromatic rings. The van der Waals surface area contributed by atoms with Crippen molar-refractivity contribution in [2.75, 3.05) is 6.54 Å². The van der Waals surface area contributed by atoms with Crippen LogP contribution >= 0.6 is 0 Å². The fourth-order valence-electron chi connectivity index (χ4n) is 1.37. The molecule has 0 aromatic heterocycles. The summed E-state index contributed by atoms with van der Waals surface area (Å²) in [4.78, 5) is 14.5. The minimum absolute atomic E-state index is 0.266. The number of carboxylic acids is 1. The lowest BCUT2D eigenvalue weighted by atomic mass is 10.2. The summed E-state index contributed by atoms with van der Waals surface area (Å²) in [7, 11) is 0. The van der Waals surface area contributed by atoms with Crippen molar-refractivity contribution in [1.29, 1.82) is 0 Å². The molecule has 1 rings (SSSR count). The van der Waals surface area contributed by atoms with Crippen LogP contribution in [0.5, 0.6) is 0 Å². The minimum Gasteiger partial charge on any atom is -0.481 e. The number of rotatable bonds is 7. The number of unbranched alkanes of at least 4 members (excludes halogenated alkanes) is 2. The fourth-order valence-corrected chi connectivity index (χ4v) is 1.37. The number of carbonyl (C=O) groups is 1. The third-order valence-electron chi connectivity index (χ3n) is 2.22. The van der Waals surface area contributed by atoms with E-state index in [2.05, 4.69) is 4.99 Å². The molecular formula is C13H17NO2. The minimum atomic E-state index is -0.715. The molecule has 0 saturated heterocycles. The van der Waals surface area contributed by atoms with Crippen molar-refractivity contribution in [3.8, 4) is 0 Å². The molecule has 0 fully saturated rings. The Hall–Kier alpha value is -1.64. The molecule has 0 spiro atoms. The van der Waals surface area contributed by atoms with E-state index in [0.29, 0.717) is 0 Å². The fraction of sp³-hybridized carbons (Fsp3) is 0.385. The van der Waals surface area contributed by atoms with Crippen LogP contribution < -0.4 is 0 Å². The van der Waals surface area contributed by atoms with Crippen LogP contribution in [0, 0.1) is 0 Å². The topological polar surface area (TPSA) is 49.7 Å². The van der Waals surface area contributed by atoms with Gasteiger partial charge in [-0.1, -0.05) is 36.8 Å². The zero-order chi connectivity index (χ0) is 11.6. The van der Waals surface area contributed by atoms with Gasteiger partial charge in [0, 0.05) is 19.2 Å². The number of aliphatic imine (C=N–C) groups is 1. The second-order valence-corrected chi connectivity index (χ2v) is 3.65. The summed E-state index contributed by atoms with van der Waals surface area (Å²) in [5.74, 6) is -0.715. The summed E-state index contributed by atoms with van der Waals surface area (Å²) in [6, 6.07) is 9.95. The van der Waals surface area contributed by atoms with Gasteiger partial charge in [-0.05, 0) is 18.4 Å². The Morgan fingerprint density at radius 1 is 1.19 bits per heavy atom. The molecule has 0 aliphatic heterocycles. The van der Waals surface area contributed by atoms with E-state index >= 15 is 0 Å². The van der Waals surface area contributed by atoms with Crippen LogP contribution in [0.2, 0.25) is 0 Å². The first-order chi connectivity index (χ1) is 7.79. The van der Waals surface area contributed by atoms with Crippen molar-refractivity contribution in [2.45, 2.75) is 25.7 Å². The van der Waals surface area contributed by atoms with E-state index in [9.17, 15) is 4.79 Å². The number of hydrogen-bond donors (Lipinski definition) is 1. The zero-order valence-electron chi connectivity index (χ0n) is 9.30. The first-order valence-corrected chi connectivity index (χ1v) is 5.56. The van der Waals surface area contributed by atoms with Crippen molar-refractivity contribution in [1.82, 2.24) is 0 Å². The number of carboxylic acid groups (broad SMARTS) is 1. The third kappa shape index (κ3) is 5.96. The SMILES string of the molecule is O=C(O)CCCCCN=Cc1ccccc1. The summed E-state index contributed by atoms with van der Waals surface area (Å²) in [5.41, 5.74) is 1.10. The van der Waals surface area contributed by atoms with E-state index in [1.807, 2.05) is 36.5 Å². The lowest BCUT2D eigenvalue weighted by Crippen LogP contribution is -1.94. The van der Waals surface area contributed by atoms with E-state index in [1.165, 1.54) is 0 Å². The molecule has 0 unspecified atom stereocenters. The highest BCUT2D eigenvalue weighted by Gasteiger charge is 1.95. The van der Waals surface area contributed by atoms with Gasteiger partial charge in [-0.3, -0.25) is 9.79 Å². The molecular weight excluding hydrogens is 202 g/mol. The monoisotopic (exact) mass is 219 g/mol. The highest BCUT2D eigenvalue weighted by Crippen LogP contribution is 2.00. The van der Waals surface area contributed by atoms with Gasteiger partial charge in [0.1, 0.15) is 0 Å². The number of aliphatic carboxylic acids is 1. The molecule has 0 bridgehead atoms. The Morgan fingerprint density at radius 3 is 2.62 bits per heavy atom. The van der Waals surface area contributed by atoms with Gasteiger partial charge in [-0.15, -0.1) is 0 Å². The van der Waals surface area contributed by atoms with Crippen molar-refractivity contribution in [2.24, 2.45) is 4.99 Å². The third-order valence-corrected chi connectivity index (χ3v) is 2.22. The number of nitrogens with zero attached hydrogens (tertiary/aromatic N) is 1. The summed E-state index contributed by atoms with van der Waals surface area (Å²) in [6.45, 7) is 0.772. The van der Waals surface area contributed by atoms with E-state index in [-0.39, 0.29) is 6.42 Å². The summed E-state index contributed by atoms with van der Waals surface area (Å²) >= 11 is 0. The highest BCUT2D eigenvalue weighted by atomic mass is 16.4. The summed E-state index contributed by atoms with van der Waals surface area (Å²) in [5, 5.41) is 8.44. The Kier molecular flexibility index (Phi) is 5.92. The Bertz CT molecular complexity index is 333. The Morgan fingerprint density at radius 2 is 1.94 bits per heavy atom. The average Bonchev–Trinajstić information content (AvgIpc) is 2.29. The van der Waals surface area contributed by atoms with Crippen LogP contribution in [0.4, 0.5) is 0 Å². The van der Waals surface area contributed by atoms with E-state index in [1.54, 1.807) is 0 Å². The molecule has 16 heavy (non-hydrogen) atoms. The van der Waals surface area contributed by atoms with Crippen LogP contribution in [-0.2, 0) is 4.79 Å². The number of hydrogen-bond acceptors (Lipinski definition) is 2. The van der Waals surface area contributed by atoms with E-state index in [4.69, 9.17) is 5.11 Å². The first kappa shape index (κ1) is 12.4. The predicted octanol–water partition coefficient (Wildman–Crippen LogP) is 2.75. The molecule has 0 amide bonds. The highest BCUT2D eigenvalue weighted by molar-refractivity contribution is 5.79. The normalized spacial score (nSPS) is 10.8. The number of benzene rings is 1. The van der Waals surface area contributed by atoms with Crippen LogP contribution in [0.1, 0.15) is 31.2 Å². The van der Waals surface area contributed by atoms with Gasteiger partial charge in [-0.25, -0.2) is 0 Å². The lowest BCUT2D eigenvalue weighted by molar-refractivity contribution is -0.137. The van der Waals surface area contributed by atoms with E-state index in [0.717, 1.165) is 31.4 Å². The summed E-state index contributed by atoms with van der Waals surface area (Å²) in [6.07, 6.45) is 4.75. The predicted molar refractivity (Wildman–Crippen MR) is 65.0 cm³/mol. The van der Waals surface area contributed by atoms with Crippen LogP contribution in [0.15, 0.2) is 35.3 Å². The molecule has 0 aliphatic carbocycles. The molecule has 0 aliphatic rings. The largest absolute Gasteiger partial charge is 0.481 e. The molecule has 3 nitrogen and oxygen atoms in total. The maximum Gasteiger partial charge on any atom is 0.303 e. The maximum absolute atomic E-state index is 10.2. The van der Waals surface area contributed by atoms with Gasteiger partial charge < -0.3 is 5.11 Å². The van der Waals surface area contributed by atoms with Crippen LogP contribution in [0.3, 0.4) is 0 Å². The maximum atomic E-state index is 10.2. The zero-order valence-corrected chi connectivity index (χ0v) is 9.30. The Labute approximate surface area is 95.8 Å². The van der Waals surface area contributed by atoms with E-state index < -0.39 is 5.97 Å². The summed E-state index contributed by atoms with van der Waals surface area (Å²) < 4.78 is 0. The standard InChI is InChI=1S/C13H17NO2/c15-13(16)9-5-2-6-10-14-11-12-7-3-1-4-8-12/h1,3-4,7-8,11H,2,5-6,9-10H2,(H,15,16). The quantitative estimate of drug-likeness (QED) is 0.566. The van der Waals surface area contributed by atoms with Crippen molar-refractivity contribution < 1.29 is 9.90 Å². The second-order valence-electron chi connectivity index (χ2n) is 3.65. The first-order valence-electron chi connectivity index (χ1n) is 5.56. The lowest BCUT2D eigenvalue weighted by Gasteiger charge is -1.95. The second kappa shape index (κ2) is 7.63. The van der Waals surface area contributed by atoms with Crippen molar-refractivity contribution >= 4 is 12.2 Å². The average molecular weight is 219 g/mol. The molecule has 86 valence electrons. The molecule has 1 aromatic carbocycles. The molecule has 0 saturated carbocycles. The van der Waals surface area contributed by atoms with Crippen molar-refractivity contribution in [3.05, 3.63) is 35.9 Å². The van der Waals surface area contributed by atoms with Gasteiger partial charge in [-0.2, -0.15) is 0 Å². The molecule has 0 heterocycles. The molecule has 1 N–H and O–H groups in total. The van der Waals surface area contributed by atoms with Gasteiger partial charge in [0.15, 0.2) is 0 Å². The van der Waals surface area contributed by atoms with Gasteiger partial charge in [0.2, 0.25) is 0 Å². The Balaban J connectivity index is 2.07. The smallest absolute Gasteiger partial charge is 0.303 e.